The van der Waals surface area contributed by atoms with Crippen LogP contribution in [0, 0.1) is 5.92 Å². The van der Waals surface area contributed by atoms with Crippen molar-refractivity contribution in [2.24, 2.45) is 5.92 Å². The average Bonchev–Trinajstić information content (AvgIpc) is 2.88. The minimum Gasteiger partial charge on any atom is -0.481 e. The van der Waals surface area contributed by atoms with Gasteiger partial charge < -0.3 is 5.11 Å². The molecule has 0 fully saturated rings. The Morgan fingerprint density at radius 1 is 0.775 bits per heavy atom. The van der Waals surface area contributed by atoms with Crippen molar-refractivity contribution in [2.45, 2.75) is 78.1 Å². The van der Waals surface area contributed by atoms with Gasteiger partial charge in [-0.05, 0) is 76.8 Å². The van der Waals surface area contributed by atoms with Crippen LogP contribution in [-0.4, -0.2) is 11.1 Å². The number of rotatable bonds is 9. The molecule has 0 bridgehead atoms. The van der Waals surface area contributed by atoms with Gasteiger partial charge >= 0.3 is 18.3 Å². The van der Waals surface area contributed by atoms with Gasteiger partial charge in [-0.25, -0.2) is 0 Å². The van der Waals surface area contributed by atoms with E-state index in [-0.39, 0.29) is 12.3 Å². The molecule has 0 aliphatic rings. The van der Waals surface area contributed by atoms with Crippen LogP contribution in [0.2, 0.25) is 0 Å². The van der Waals surface area contributed by atoms with Crippen LogP contribution in [-0.2, 0) is 30.0 Å². The zero-order chi connectivity index (χ0) is 30.1. The van der Waals surface area contributed by atoms with E-state index >= 15 is 0 Å². The van der Waals surface area contributed by atoms with Crippen LogP contribution in [0.3, 0.4) is 0 Å². The fourth-order valence-electron chi connectivity index (χ4n) is 4.68. The molecule has 0 radical (unpaired) electrons. The fraction of sp³-hybridized carbons (Fsp3) is 0.406. The highest BCUT2D eigenvalue weighted by atomic mass is 19.4. The van der Waals surface area contributed by atoms with E-state index in [0.29, 0.717) is 17.0 Å². The van der Waals surface area contributed by atoms with Crippen LogP contribution in [0.4, 0.5) is 26.3 Å². The lowest BCUT2D eigenvalue weighted by atomic mass is 9.84. The Hall–Kier alpha value is -3.29. The standard InChI is InChI=1S/C23H27F3O2.C9H9F3/c1-4-5-15(2)12-16(3)20-11-6-17(14-22(27)28)13-21(20)18-7-9-19(10-8-18)23(24,25)26;1-2-7-3-5-8(6-4-7)9(10,11)12/h6-11,13,15-16H,4-5,12,14H2,1-3H3,(H,27,28);3-6H,2H2,1H3. The molecule has 40 heavy (non-hydrogen) atoms. The van der Waals surface area contributed by atoms with E-state index in [1.165, 1.54) is 24.3 Å². The van der Waals surface area contributed by atoms with Crippen molar-refractivity contribution in [2.75, 3.05) is 0 Å². The summed E-state index contributed by atoms with van der Waals surface area (Å²) >= 11 is 0. The van der Waals surface area contributed by atoms with E-state index < -0.39 is 29.4 Å². The van der Waals surface area contributed by atoms with E-state index in [1.807, 2.05) is 13.0 Å². The van der Waals surface area contributed by atoms with Gasteiger partial charge in [-0.15, -0.1) is 0 Å². The van der Waals surface area contributed by atoms with Crippen molar-refractivity contribution in [1.29, 1.82) is 0 Å². The summed E-state index contributed by atoms with van der Waals surface area (Å²) in [6.07, 6.45) is -4.75. The highest BCUT2D eigenvalue weighted by molar-refractivity contribution is 5.74. The molecule has 218 valence electrons. The average molecular weight is 567 g/mol. The molecule has 8 heteroatoms. The number of alkyl halides is 6. The van der Waals surface area contributed by atoms with Gasteiger partial charge in [0.1, 0.15) is 0 Å². The summed E-state index contributed by atoms with van der Waals surface area (Å²) in [5.74, 6) is -0.174. The first-order chi connectivity index (χ1) is 18.6. The molecule has 3 rings (SSSR count). The molecule has 0 aliphatic carbocycles. The number of halogens is 6. The molecule has 0 aromatic heterocycles. The summed E-state index contributed by atoms with van der Waals surface area (Å²) in [6, 6.07) is 15.8. The van der Waals surface area contributed by atoms with Crippen LogP contribution in [0.5, 0.6) is 0 Å². The van der Waals surface area contributed by atoms with Crippen molar-refractivity contribution in [3.63, 3.8) is 0 Å². The molecule has 3 aromatic carbocycles. The van der Waals surface area contributed by atoms with Crippen molar-refractivity contribution in [3.05, 3.63) is 94.5 Å². The summed E-state index contributed by atoms with van der Waals surface area (Å²) in [6.45, 7) is 8.38. The minimum atomic E-state index is -4.38. The zero-order valence-electron chi connectivity index (χ0n) is 23.2. The number of aryl methyl sites for hydroxylation is 1. The number of carboxylic acid groups (broad SMARTS) is 1. The SMILES string of the molecule is CCCC(C)CC(C)c1ccc(CC(=O)O)cc1-c1ccc(C(F)(F)F)cc1.CCc1ccc(C(F)(F)F)cc1. The summed E-state index contributed by atoms with van der Waals surface area (Å²) in [4.78, 5) is 11.1. The monoisotopic (exact) mass is 566 g/mol. The van der Waals surface area contributed by atoms with Gasteiger partial charge in [0, 0.05) is 0 Å². The minimum absolute atomic E-state index is 0.117. The van der Waals surface area contributed by atoms with E-state index in [9.17, 15) is 31.1 Å². The van der Waals surface area contributed by atoms with Crippen LogP contribution < -0.4 is 0 Å². The molecular formula is C32H36F6O2. The van der Waals surface area contributed by atoms with Crippen molar-refractivity contribution in [3.8, 4) is 11.1 Å². The number of carbonyl (C=O) groups is 1. The first-order valence-electron chi connectivity index (χ1n) is 13.3. The smallest absolute Gasteiger partial charge is 0.416 e. The second-order valence-electron chi connectivity index (χ2n) is 10.1. The Morgan fingerprint density at radius 2 is 1.27 bits per heavy atom. The maximum Gasteiger partial charge on any atom is 0.416 e. The summed E-state index contributed by atoms with van der Waals surface area (Å²) in [5, 5.41) is 9.09. The molecule has 3 aromatic rings. The van der Waals surface area contributed by atoms with Crippen LogP contribution in [0.15, 0.2) is 66.7 Å². The second-order valence-corrected chi connectivity index (χ2v) is 10.1. The van der Waals surface area contributed by atoms with Crippen LogP contribution in [0.1, 0.15) is 80.7 Å². The lowest BCUT2D eigenvalue weighted by Crippen LogP contribution is -2.06. The second kappa shape index (κ2) is 14.4. The maximum absolute atomic E-state index is 12.9. The van der Waals surface area contributed by atoms with Gasteiger partial charge in [-0.2, -0.15) is 26.3 Å². The van der Waals surface area contributed by atoms with Gasteiger partial charge in [-0.1, -0.05) is 83.0 Å². The van der Waals surface area contributed by atoms with Crippen molar-refractivity contribution >= 4 is 5.97 Å². The van der Waals surface area contributed by atoms with Crippen LogP contribution in [0.25, 0.3) is 11.1 Å². The summed E-state index contributed by atoms with van der Waals surface area (Å²) in [5.41, 5.74) is 2.80. The maximum atomic E-state index is 12.9. The van der Waals surface area contributed by atoms with Gasteiger partial charge in [0.25, 0.3) is 0 Å². The van der Waals surface area contributed by atoms with Crippen molar-refractivity contribution < 1.29 is 36.2 Å². The largest absolute Gasteiger partial charge is 0.481 e. The van der Waals surface area contributed by atoms with Gasteiger partial charge in [0.15, 0.2) is 0 Å². The van der Waals surface area contributed by atoms with Gasteiger partial charge in [0.05, 0.1) is 17.5 Å². The highest BCUT2D eigenvalue weighted by Gasteiger charge is 2.30. The molecule has 0 aliphatic heterocycles. The molecule has 0 heterocycles. The van der Waals surface area contributed by atoms with Crippen molar-refractivity contribution in [1.82, 2.24) is 0 Å². The lowest BCUT2D eigenvalue weighted by Gasteiger charge is -2.21. The first kappa shape index (κ1) is 32.9. The number of carboxylic acids is 1. The van der Waals surface area contributed by atoms with Gasteiger partial charge in [-0.3, -0.25) is 4.79 Å². The molecule has 2 nitrogen and oxygen atoms in total. The lowest BCUT2D eigenvalue weighted by molar-refractivity contribution is -0.138. The Labute approximate surface area is 232 Å². The van der Waals surface area contributed by atoms with Gasteiger partial charge in [0.2, 0.25) is 0 Å². The Morgan fingerprint density at radius 3 is 1.73 bits per heavy atom. The highest BCUT2D eigenvalue weighted by Crippen LogP contribution is 2.36. The zero-order valence-corrected chi connectivity index (χ0v) is 23.2. The van der Waals surface area contributed by atoms with Crippen LogP contribution >= 0.6 is 0 Å². The van der Waals surface area contributed by atoms with E-state index in [4.69, 9.17) is 5.11 Å². The molecule has 2 atom stereocenters. The summed E-state index contributed by atoms with van der Waals surface area (Å²) < 4.78 is 74.7. The number of hydrogen-bond donors (Lipinski definition) is 1. The third-order valence-corrected chi connectivity index (χ3v) is 6.75. The molecule has 0 saturated carbocycles. The number of hydrogen-bond acceptors (Lipinski definition) is 1. The van der Waals surface area contributed by atoms with E-state index in [2.05, 4.69) is 20.8 Å². The third kappa shape index (κ3) is 10.0. The predicted octanol–water partition coefficient (Wildman–Crippen LogP) is 10.2. The molecule has 2 unspecified atom stereocenters. The number of benzene rings is 3. The topological polar surface area (TPSA) is 37.3 Å². The first-order valence-corrected chi connectivity index (χ1v) is 13.3. The Bertz CT molecular complexity index is 1210. The molecular weight excluding hydrogens is 530 g/mol. The predicted molar refractivity (Wildman–Crippen MR) is 146 cm³/mol. The molecule has 1 N–H and O–H groups in total. The molecule has 0 amide bonds. The number of aliphatic carboxylic acids is 1. The van der Waals surface area contributed by atoms with E-state index in [1.54, 1.807) is 12.1 Å². The fourth-order valence-corrected chi connectivity index (χ4v) is 4.68. The molecule has 0 spiro atoms. The summed E-state index contributed by atoms with van der Waals surface area (Å²) in [7, 11) is 0. The third-order valence-electron chi connectivity index (χ3n) is 6.75. The Kier molecular flexibility index (Phi) is 11.8. The molecule has 0 saturated heterocycles. The Balaban J connectivity index is 0.000000389. The van der Waals surface area contributed by atoms with E-state index in [0.717, 1.165) is 66.6 Å². The quantitative estimate of drug-likeness (QED) is 0.262. The normalized spacial score (nSPS) is 13.2.